The summed E-state index contributed by atoms with van der Waals surface area (Å²) in [4.78, 5) is 13.2. The number of nitrogens with zero attached hydrogens (tertiary/aromatic N) is 1. The molecule has 5 nitrogen and oxygen atoms in total. The summed E-state index contributed by atoms with van der Waals surface area (Å²) in [6, 6.07) is 22.8. The van der Waals surface area contributed by atoms with Gasteiger partial charge in [-0.25, -0.2) is 8.42 Å². The van der Waals surface area contributed by atoms with E-state index in [2.05, 4.69) is 11.4 Å². The van der Waals surface area contributed by atoms with Gasteiger partial charge in [0.2, 0.25) is 0 Å². The fourth-order valence-electron chi connectivity index (χ4n) is 3.17. The molecule has 0 aromatic heterocycles. The molecule has 3 aromatic rings. The number of amides is 1. The van der Waals surface area contributed by atoms with Crippen LogP contribution in [0.2, 0.25) is 0 Å². The largest absolute Gasteiger partial charge is 0.341 e. The third kappa shape index (κ3) is 5.13. The first-order valence-corrected chi connectivity index (χ1v) is 11.3. The fourth-order valence-corrected chi connectivity index (χ4v) is 3.85. The lowest BCUT2D eigenvalue weighted by Crippen LogP contribution is -2.29. The van der Waals surface area contributed by atoms with E-state index in [1.54, 1.807) is 42.5 Å². The van der Waals surface area contributed by atoms with Gasteiger partial charge in [-0.1, -0.05) is 54.1 Å². The molecule has 0 aliphatic carbocycles. The zero-order chi connectivity index (χ0) is 21.7. The highest BCUT2D eigenvalue weighted by molar-refractivity contribution is 7.90. The Morgan fingerprint density at radius 3 is 2.37 bits per heavy atom. The van der Waals surface area contributed by atoms with Gasteiger partial charge in [-0.2, -0.15) is 5.26 Å². The van der Waals surface area contributed by atoms with Crippen LogP contribution in [0.4, 0.5) is 0 Å². The summed E-state index contributed by atoms with van der Waals surface area (Å²) >= 11 is 0. The Morgan fingerprint density at radius 1 is 1.00 bits per heavy atom. The second-order valence-electron chi connectivity index (χ2n) is 7.20. The van der Waals surface area contributed by atoms with Crippen LogP contribution >= 0.6 is 0 Å². The van der Waals surface area contributed by atoms with Crippen LogP contribution in [0, 0.1) is 18.3 Å². The molecule has 1 unspecified atom stereocenters. The van der Waals surface area contributed by atoms with Gasteiger partial charge in [0.15, 0.2) is 9.84 Å². The van der Waals surface area contributed by atoms with E-state index in [4.69, 9.17) is 5.26 Å². The number of sulfone groups is 1. The zero-order valence-electron chi connectivity index (χ0n) is 16.8. The van der Waals surface area contributed by atoms with Crippen LogP contribution in [0.15, 0.2) is 77.7 Å². The highest BCUT2D eigenvalue weighted by atomic mass is 32.2. The predicted octanol–water partition coefficient (Wildman–Crippen LogP) is 3.98. The van der Waals surface area contributed by atoms with Crippen LogP contribution in [0.1, 0.15) is 38.7 Å². The smallest absolute Gasteiger partial charge is 0.252 e. The molecule has 30 heavy (non-hydrogen) atoms. The average Bonchev–Trinajstić information content (AvgIpc) is 2.72. The van der Waals surface area contributed by atoms with Crippen molar-refractivity contribution in [1.29, 1.82) is 5.26 Å². The topological polar surface area (TPSA) is 87.0 Å². The molecule has 0 saturated heterocycles. The monoisotopic (exact) mass is 418 g/mol. The number of aryl methyl sites for hydroxylation is 1. The quantitative estimate of drug-likeness (QED) is 0.656. The minimum Gasteiger partial charge on any atom is -0.341 e. The van der Waals surface area contributed by atoms with Gasteiger partial charge in [0.1, 0.15) is 0 Å². The standard InChI is InChI=1S/C24H22N2O3S/c1-17-9-11-19(12-10-17)23(20-6-4-8-22(16-20)30(2,28)29)26-24(27)21-7-3-5-18(15-21)13-14-25/h3-12,15-16,23H,13H2,1-2H3,(H,26,27). The number of rotatable bonds is 6. The summed E-state index contributed by atoms with van der Waals surface area (Å²) < 4.78 is 24.0. The van der Waals surface area contributed by atoms with E-state index in [-0.39, 0.29) is 17.2 Å². The third-order valence-electron chi connectivity index (χ3n) is 4.78. The molecular weight excluding hydrogens is 396 g/mol. The summed E-state index contributed by atoms with van der Waals surface area (Å²) in [6.45, 7) is 1.97. The molecule has 6 heteroatoms. The van der Waals surface area contributed by atoms with E-state index >= 15 is 0 Å². The van der Waals surface area contributed by atoms with E-state index in [1.165, 1.54) is 6.07 Å². The highest BCUT2D eigenvalue weighted by Crippen LogP contribution is 2.25. The second-order valence-corrected chi connectivity index (χ2v) is 9.21. The molecule has 152 valence electrons. The van der Waals surface area contributed by atoms with Gasteiger partial charge in [-0.3, -0.25) is 4.79 Å². The van der Waals surface area contributed by atoms with Crippen molar-refractivity contribution in [2.75, 3.05) is 6.26 Å². The molecule has 0 aliphatic rings. The van der Waals surface area contributed by atoms with Crippen LogP contribution in [0.25, 0.3) is 0 Å². The summed E-state index contributed by atoms with van der Waals surface area (Å²) in [6.07, 6.45) is 1.38. The minimum atomic E-state index is -3.38. The van der Waals surface area contributed by atoms with Gasteiger partial charge in [-0.15, -0.1) is 0 Å². The van der Waals surface area contributed by atoms with Gasteiger partial charge in [-0.05, 0) is 47.9 Å². The molecule has 1 amide bonds. The van der Waals surface area contributed by atoms with Crippen molar-refractivity contribution in [2.24, 2.45) is 0 Å². The molecule has 3 rings (SSSR count). The van der Waals surface area contributed by atoms with Gasteiger partial charge < -0.3 is 5.32 Å². The van der Waals surface area contributed by atoms with Crippen molar-refractivity contribution in [3.63, 3.8) is 0 Å². The van der Waals surface area contributed by atoms with Gasteiger partial charge >= 0.3 is 0 Å². The lowest BCUT2D eigenvalue weighted by Gasteiger charge is -2.21. The molecular formula is C24H22N2O3S. The van der Waals surface area contributed by atoms with E-state index in [1.807, 2.05) is 31.2 Å². The van der Waals surface area contributed by atoms with E-state index in [0.29, 0.717) is 11.1 Å². The predicted molar refractivity (Wildman–Crippen MR) is 116 cm³/mol. The minimum absolute atomic E-state index is 0.197. The van der Waals surface area contributed by atoms with Gasteiger partial charge in [0.25, 0.3) is 5.91 Å². The van der Waals surface area contributed by atoms with Crippen molar-refractivity contribution < 1.29 is 13.2 Å². The molecule has 0 radical (unpaired) electrons. The van der Waals surface area contributed by atoms with Crippen LogP contribution in [0.3, 0.4) is 0 Å². The maximum absolute atomic E-state index is 13.0. The Labute approximate surface area is 176 Å². The lowest BCUT2D eigenvalue weighted by molar-refractivity contribution is 0.0943. The number of benzene rings is 3. The number of hydrogen-bond acceptors (Lipinski definition) is 4. The summed E-state index contributed by atoms with van der Waals surface area (Å²) in [5.74, 6) is -0.301. The molecule has 3 aromatic carbocycles. The van der Waals surface area contributed by atoms with Gasteiger partial charge in [0.05, 0.1) is 23.4 Å². The highest BCUT2D eigenvalue weighted by Gasteiger charge is 2.20. The first kappa shape index (κ1) is 21.3. The Morgan fingerprint density at radius 2 is 1.70 bits per heavy atom. The Hall–Kier alpha value is -3.43. The molecule has 0 aliphatic heterocycles. The van der Waals surface area contributed by atoms with Crippen molar-refractivity contribution in [3.05, 3.63) is 101 Å². The molecule has 1 atom stereocenters. The Balaban J connectivity index is 2.01. The summed E-state index contributed by atoms with van der Waals surface area (Å²) in [7, 11) is -3.38. The molecule has 0 saturated carbocycles. The van der Waals surface area contributed by atoms with E-state index < -0.39 is 15.9 Å². The number of nitrogens with one attached hydrogen (secondary N) is 1. The van der Waals surface area contributed by atoms with Crippen LogP contribution < -0.4 is 5.32 Å². The summed E-state index contributed by atoms with van der Waals surface area (Å²) in [5.41, 5.74) is 3.80. The lowest BCUT2D eigenvalue weighted by atomic mass is 9.97. The Kier molecular flexibility index (Phi) is 6.34. The third-order valence-corrected chi connectivity index (χ3v) is 5.89. The van der Waals surface area contributed by atoms with E-state index in [0.717, 1.165) is 22.9 Å². The average molecular weight is 419 g/mol. The maximum atomic E-state index is 13.0. The summed E-state index contributed by atoms with van der Waals surface area (Å²) in [5, 5.41) is 11.9. The van der Waals surface area contributed by atoms with E-state index in [9.17, 15) is 13.2 Å². The molecule has 0 bridgehead atoms. The van der Waals surface area contributed by atoms with Crippen molar-refractivity contribution >= 4 is 15.7 Å². The number of hydrogen-bond donors (Lipinski definition) is 1. The molecule has 0 fully saturated rings. The first-order chi connectivity index (χ1) is 14.3. The molecule has 0 heterocycles. The molecule has 1 N–H and O–H groups in total. The number of carbonyl (C=O) groups is 1. The maximum Gasteiger partial charge on any atom is 0.252 e. The van der Waals surface area contributed by atoms with Gasteiger partial charge in [0, 0.05) is 11.8 Å². The first-order valence-electron chi connectivity index (χ1n) is 9.41. The molecule has 0 spiro atoms. The fraction of sp³-hybridized carbons (Fsp3) is 0.167. The SMILES string of the molecule is Cc1ccc(C(NC(=O)c2cccc(CC#N)c2)c2cccc(S(C)(=O)=O)c2)cc1. The van der Waals surface area contributed by atoms with Crippen molar-refractivity contribution in [2.45, 2.75) is 24.3 Å². The normalized spacial score (nSPS) is 12.0. The van der Waals surface area contributed by atoms with Crippen LogP contribution in [-0.2, 0) is 16.3 Å². The van der Waals surface area contributed by atoms with Crippen molar-refractivity contribution in [1.82, 2.24) is 5.32 Å². The zero-order valence-corrected chi connectivity index (χ0v) is 17.6. The van der Waals surface area contributed by atoms with Crippen molar-refractivity contribution in [3.8, 4) is 6.07 Å². The number of nitriles is 1. The van der Waals surface area contributed by atoms with Crippen LogP contribution in [0.5, 0.6) is 0 Å². The second kappa shape index (κ2) is 8.93. The number of carbonyl (C=O) groups excluding carboxylic acids is 1. The Bertz CT molecular complexity index is 1210. The van der Waals surface area contributed by atoms with Crippen LogP contribution in [-0.4, -0.2) is 20.6 Å².